The van der Waals surface area contributed by atoms with Crippen molar-refractivity contribution < 1.29 is 9.59 Å². The number of carbonyl (C=O) groups is 2. The van der Waals surface area contributed by atoms with E-state index in [1.807, 2.05) is 0 Å². The van der Waals surface area contributed by atoms with Crippen LogP contribution < -0.4 is 10.6 Å². The van der Waals surface area contributed by atoms with Gasteiger partial charge in [0.25, 0.3) is 0 Å². The van der Waals surface area contributed by atoms with Crippen LogP contribution in [0.3, 0.4) is 0 Å². The highest BCUT2D eigenvalue weighted by atomic mass is 16.2. The van der Waals surface area contributed by atoms with Gasteiger partial charge in [0, 0.05) is 6.54 Å². The number of amides is 2. The number of nitrogens with one attached hydrogen (secondary N) is 2. The van der Waals surface area contributed by atoms with E-state index in [2.05, 4.69) is 29.5 Å². The van der Waals surface area contributed by atoms with Crippen molar-refractivity contribution in [3.63, 3.8) is 0 Å². The van der Waals surface area contributed by atoms with Gasteiger partial charge in [-0.3, -0.25) is 25.2 Å². The highest BCUT2D eigenvalue weighted by molar-refractivity contribution is 6.45. The topological polar surface area (TPSA) is 70.6 Å². The second-order valence-corrected chi connectivity index (χ2v) is 4.49. The Hall–Kier alpha value is -1.39. The predicted molar refractivity (Wildman–Crippen MR) is 50.5 cm³/mol. The fraction of sp³-hybridized carbons (Fsp3) is 0.667. The lowest BCUT2D eigenvalue weighted by atomic mass is 10.1. The van der Waals surface area contributed by atoms with Gasteiger partial charge in [0.05, 0.1) is 0 Å². The van der Waals surface area contributed by atoms with Crippen LogP contribution in [0.2, 0.25) is 0 Å². The monoisotopic (exact) mass is 195 g/mol. The zero-order valence-electron chi connectivity index (χ0n) is 8.26. The van der Waals surface area contributed by atoms with Crippen molar-refractivity contribution in [3.8, 4) is 0 Å². The molecule has 1 aliphatic carbocycles. The maximum absolute atomic E-state index is 10.8. The molecule has 1 heterocycles. The van der Waals surface area contributed by atoms with E-state index in [9.17, 15) is 9.59 Å². The molecule has 2 amide bonds. The molecule has 76 valence electrons. The van der Waals surface area contributed by atoms with Crippen LogP contribution in [-0.4, -0.2) is 24.3 Å². The van der Waals surface area contributed by atoms with Gasteiger partial charge in [-0.2, -0.15) is 0 Å². The number of aliphatic imine (C=N–C) groups is 1. The van der Waals surface area contributed by atoms with Crippen molar-refractivity contribution in [2.45, 2.75) is 20.3 Å². The molecule has 1 saturated carbocycles. The SMILES string of the molecule is CC1(C)CC1CN=C1NC(=O)C(=O)N1. The Labute approximate surface area is 82.0 Å². The summed E-state index contributed by atoms with van der Waals surface area (Å²) in [6, 6.07) is 0. The van der Waals surface area contributed by atoms with Gasteiger partial charge in [-0.25, -0.2) is 0 Å². The summed E-state index contributed by atoms with van der Waals surface area (Å²) in [6.45, 7) is 5.04. The number of hydrogen-bond acceptors (Lipinski definition) is 3. The van der Waals surface area contributed by atoms with E-state index in [1.165, 1.54) is 0 Å². The summed E-state index contributed by atoms with van der Waals surface area (Å²) < 4.78 is 0. The number of rotatable bonds is 2. The molecule has 1 atom stereocenters. The lowest BCUT2D eigenvalue weighted by Crippen LogP contribution is -2.26. The molecular weight excluding hydrogens is 182 g/mol. The lowest BCUT2D eigenvalue weighted by molar-refractivity contribution is -0.135. The van der Waals surface area contributed by atoms with Gasteiger partial charge in [0.15, 0.2) is 0 Å². The van der Waals surface area contributed by atoms with Crippen LogP contribution in [0, 0.1) is 11.3 Å². The van der Waals surface area contributed by atoms with E-state index < -0.39 is 11.8 Å². The fourth-order valence-corrected chi connectivity index (χ4v) is 1.53. The van der Waals surface area contributed by atoms with Crippen molar-refractivity contribution in [2.24, 2.45) is 16.3 Å². The van der Waals surface area contributed by atoms with Crippen molar-refractivity contribution in [1.82, 2.24) is 10.6 Å². The fourth-order valence-electron chi connectivity index (χ4n) is 1.53. The summed E-state index contributed by atoms with van der Waals surface area (Å²) in [4.78, 5) is 25.7. The molecule has 0 spiro atoms. The Kier molecular flexibility index (Phi) is 1.83. The first kappa shape index (κ1) is 9.18. The van der Waals surface area contributed by atoms with Gasteiger partial charge >= 0.3 is 11.8 Å². The molecule has 2 rings (SSSR count). The standard InChI is InChI=1S/C9H13N3O2/c1-9(2)3-5(9)4-10-8-11-6(13)7(14)12-8/h5H,3-4H2,1-2H3,(H2,10,11,12,13,14). The number of nitrogens with zero attached hydrogens (tertiary/aromatic N) is 1. The summed E-state index contributed by atoms with van der Waals surface area (Å²) in [6.07, 6.45) is 1.16. The zero-order chi connectivity index (χ0) is 10.3. The van der Waals surface area contributed by atoms with Gasteiger partial charge in [0.2, 0.25) is 5.96 Å². The molecule has 0 aromatic rings. The van der Waals surface area contributed by atoms with Crippen LogP contribution in [0.1, 0.15) is 20.3 Å². The van der Waals surface area contributed by atoms with Gasteiger partial charge in [-0.05, 0) is 17.8 Å². The van der Waals surface area contributed by atoms with Crippen LogP contribution >= 0.6 is 0 Å². The highest BCUT2D eigenvalue weighted by Gasteiger charge is 2.45. The van der Waals surface area contributed by atoms with Crippen molar-refractivity contribution >= 4 is 17.8 Å². The molecule has 0 bridgehead atoms. The van der Waals surface area contributed by atoms with Crippen LogP contribution in [0.5, 0.6) is 0 Å². The van der Waals surface area contributed by atoms with Crippen molar-refractivity contribution in [3.05, 3.63) is 0 Å². The molecule has 1 saturated heterocycles. The summed E-state index contributed by atoms with van der Waals surface area (Å²) in [5, 5.41) is 4.73. The second-order valence-electron chi connectivity index (χ2n) is 4.49. The predicted octanol–water partition coefficient (Wildman–Crippen LogP) is -0.366. The number of carbonyl (C=O) groups excluding carboxylic acids is 2. The molecule has 5 nitrogen and oxygen atoms in total. The molecule has 1 unspecified atom stereocenters. The van der Waals surface area contributed by atoms with E-state index in [-0.39, 0.29) is 0 Å². The van der Waals surface area contributed by atoms with Crippen molar-refractivity contribution in [2.75, 3.05) is 6.54 Å². The van der Waals surface area contributed by atoms with Crippen molar-refractivity contribution in [1.29, 1.82) is 0 Å². The van der Waals surface area contributed by atoms with Gasteiger partial charge < -0.3 is 0 Å². The first-order chi connectivity index (χ1) is 6.49. The number of guanidine groups is 1. The summed E-state index contributed by atoms with van der Waals surface area (Å²) >= 11 is 0. The summed E-state index contributed by atoms with van der Waals surface area (Å²) in [7, 11) is 0. The van der Waals surface area contributed by atoms with E-state index >= 15 is 0 Å². The molecule has 1 aliphatic heterocycles. The molecule has 2 aliphatic rings. The van der Waals surface area contributed by atoms with Gasteiger partial charge in [-0.1, -0.05) is 13.8 Å². The zero-order valence-corrected chi connectivity index (χ0v) is 8.26. The van der Waals surface area contributed by atoms with Crippen LogP contribution in [0.15, 0.2) is 4.99 Å². The van der Waals surface area contributed by atoms with E-state index in [1.54, 1.807) is 0 Å². The van der Waals surface area contributed by atoms with Crippen LogP contribution in [0.25, 0.3) is 0 Å². The minimum Gasteiger partial charge on any atom is -0.288 e. The minimum atomic E-state index is -0.626. The average molecular weight is 195 g/mol. The summed E-state index contributed by atoms with van der Waals surface area (Å²) in [5.41, 5.74) is 0.372. The third-order valence-corrected chi connectivity index (χ3v) is 2.86. The average Bonchev–Trinajstić information content (AvgIpc) is 2.56. The summed E-state index contributed by atoms with van der Waals surface area (Å²) in [5.74, 6) is -0.385. The Morgan fingerprint density at radius 1 is 1.36 bits per heavy atom. The van der Waals surface area contributed by atoms with Gasteiger partial charge in [-0.15, -0.1) is 0 Å². The number of hydrogen-bond donors (Lipinski definition) is 2. The lowest BCUT2D eigenvalue weighted by Gasteiger charge is -1.99. The maximum Gasteiger partial charge on any atom is 0.316 e. The molecular formula is C9H13N3O2. The smallest absolute Gasteiger partial charge is 0.288 e. The first-order valence-electron chi connectivity index (χ1n) is 4.66. The molecule has 2 N–H and O–H groups in total. The maximum atomic E-state index is 10.8. The Morgan fingerprint density at radius 2 is 1.86 bits per heavy atom. The Morgan fingerprint density at radius 3 is 2.29 bits per heavy atom. The molecule has 0 aromatic carbocycles. The van der Waals surface area contributed by atoms with Crippen LogP contribution in [0.4, 0.5) is 0 Å². The van der Waals surface area contributed by atoms with Gasteiger partial charge in [0.1, 0.15) is 0 Å². The third-order valence-electron chi connectivity index (χ3n) is 2.86. The third kappa shape index (κ3) is 1.62. The normalized spacial score (nSPS) is 28.4. The van der Waals surface area contributed by atoms with Crippen LogP contribution in [-0.2, 0) is 9.59 Å². The molecule has 5 heteroatoms. The molecule has 2 fully saturated rings. The highest BCUT2D eigenvalue weighted by Crippen LogP contribution is 2.51. The molecule has 0 aromatic heterocycles. The van der Waals surface area contributed by atoms with E-state index in [0.717, 1.165) is 6.42 Å². The quantitative estimate of drug-likeness (QED) is 0.590. The molecule has 14 heavy (non-hydrogen) atoms. The van der Waals surface area contributed by atoms with E-state index in [0.29, 0.717) is 23.8 Å². The Balaban J connectivity index is 1.88. The Bertz CT molecular complexity index is 315. The largest absolute Gasteiger partial charge is 0.316 e. The first-order valence-corrected chi connectivity index (χ1v) is 4.66. The molecule has 0 radical (unpaired) electrons. The second kappa shape index (κ2) is 2.80. The van der Waals surface area contributed by atoms with E-state index in [4.69, 9.17) is 0 Å². The minimum absolute atomic E-state index is 0.294.